The molecule has 6 nitrogen and oxygen atoms in total. The normalized spacial score (nSPS) is 24.7. The van der Waals surface area contributed by atoms with E-state index in [9.17, 15) is 9.90 Å². The molecule has 7 heteroatoms. The van der Waals surface area contributed by atoms with Crippen LogP contribution < -0.4 is 10.9 Å². The van der Waals surface area contributed by atoms with Gasteiger partial charge in [0.05, 0.1) is 12.1 Å². The van der Waals surface area contributed by atoms with E-state index in [1.165, 1.54) is 0 Å². The molecule has 164 valence electrons. The van der Waals surface area contributed by atoms with E-state index in [4.69, 9.17) is 11.6 Å². The summed E-state index contributed by atoms with van der Waals surface area (Å²) in [6, 6.07) is 14.8. The van der Waals surface area contributed by atoms with Crippen LogP contribution in [-0.2, 0) is 11.3 Å². The minimum Gasteiger partial charge on any atom is -0.508 e. The Kier molecular flexibility index (Phi) is 5.37. The summed E-state index contributed by atoms with van der Waals surface area (Å²) in [5, 5.41) is 11.3. The van der Waals surface area contributed by atoms with Crippen molar-refractivity contribution in [1.82, 2.24) is 20.7 Å². The number of amides is 1. The maximum Gasteiger partial charge on any atom is 0.242 e. The average molecular weight is 449 g/mol. The standard InChI is InChI=1S/C25H25ClN4O2/c1-14-5-7-17(8-6-14)24-21-22(18-11-19(26)15(2)10-20(18)31)28-29-23(21)25(32)30(24)13-16-4-3-9-27-12-16/h3-12,21-24,28-29,31H,13H2,1-2H3. The van der Waals surface area contributed by atoms with E-state index in [0.29, 0.717) is 17.1 Å². The molecule has 0 bridgehead atoms. The first-order valence-electron chi connectivity index (χ1n) is 10.7. The van der Waals surface area contributed by atoms with Crippen molar-refractivity contribution >= 4 is 17.5 Å². The second-order valence-electron chi connectivity index (χ2n) is 8.66. The van der Waals surface area contributed by atoms with E-state index in [0.717, 1.165) is 22.3 Å². The van der Waals surface area contributed by atoms with Gasteiger partial charge in [-0.2, -0.15) is 0 Å². The number of hydrogen-bond donors (Lipinski definition) is 3. The predicted molar refractivity (Wildman–Crippen MR) is 123 cm³/mol. The largest absolute Gasteiger partial charge is 0.508 e. The number of hydrazine groups is 1. The number of phenols is 1. The number of fused-ring (bicyclic) bond motifs is 1. The molecule has 5 rings (SSSR count). The van der Waals surface area contributed by atoms with Gasteiger partial charge in [0.15, 0.2) is 0 Å². The van der Waals surface area contributed by atoms with E-state index in [2.05, 4.69) is 40.1 Å². The van der Waals surface area contributed by atoms with E-state index in [-0.39, 0.29) is 29.7 Å². The molecule has 1 aromatic heterocycles. The fourth-order valence-corrected chi connectivity index (χ4v) is 5.10. The van der Waals surface area contributed by atoms with Crippen molar-refractivity contribution < 1.29 is 9.90 Å². The zero-order valence-corrected chi connectivity index (χ0v) is 18.7. The fourth-order valence-electron chi connectivity index (χ4n) is 4.93. The van der Waals surface area contributed by atoms with Gasteiger partial charge >= 0.3 is 0 Å². The Morgan fingerprint density at radius 1 is 1.09 bits per heavy atom. The lowest BCUT2D eigenvalue weighted by Gasteiger charge is -2.31. The minimum absolute atomic E-state index is 0.0251. The number of halogens is 1. The smallest absolute Gasteiger partial charge is 0.242 e. The molecule has 0 aliphatic carbocycles. The lowest BCUT2D eigenvalue weighted by Crippen LogP contribution is -2.41. The van der Waals surface area contributed by atoms with Crippen molar-refractivity contribution in [2.75, 3.05) is 0 Å². The van der Waals surface area contributed by atoms with Crippen LogP contribution >= 0.6 is 11.6 Å². The number of aromatic nitrogens is 1. The molecule has 2 fully saturated rings. The molecule has 2 aromatic carbocycles. The summed E-state index contributed by atoms with van der Waals surface area (Å²) < 4.78 is 0. The topological polar surface area (TPSA) is 77.5 Å². The number of nitrogens with one attached hydrogen (secondary N) is 2. The van der Waals surface area contributed by atoms with E-state index in [1.807, 2.05) is 30.9 Å². The van der Waals surface area contributed by atoms with Crippen molar-refractivity contribution in [2.45, 2.75) is 38.5 Å². The molecule has 2 aliphatic heterocycles. The molecule has 0 radical (unpaired) electrons. The summed E-state index contributed by atoms with van der Waals surface area (Å²) in [5.74, 6) is 0.0661. The third kappa shape index (κ3) is 3.54. The molecule has 3 aromatic rings. The van der Waals surface area contributed by atoms with Crippen molar-refractivity contribution in [3.8, 4) is 5.75 Å². The molecular formula is C25H25ClN4O2. The summed E-state index contributed by atoms with van der Waals surface area (Å²) in [7, 11) is 0. The minimum atomic E-state index is -0.414. The van der Waals surface area contributed by atoms with Gasteiger partial charge in [-0.1, -0.05) is 47.5 Å². The number of nitrogens with zero attached hydrogens (tertiary/aromatic N) is 2. The number of carbonyl (C=O) groups is 1. The van der Waals surface area contributed by atoms with Gasteiger partial charge in [0.1, 0.15) is 11.8 Å². The van der Waals surface area contributed by atoms with Gasteiger partial charge < -0.3 is 10.0 Å². The summed E-state index contributed by atoms with van der Waals surface area (Å²) in [6.07, 6.45) is 3.52. The Balaban J connectivity index is 1.59. The molecule has 2 saturated heterocycles. The Morgan fingerprint density at radius 2 is 1.84 bits per heavy atom. The zero-order valence-electron chi connectivity index (χ0n) is 17.9. The first-order valence-corrected chi connectivity index (χ1v) is 11.1. The highest BCUT2D eigenvalue weighted by atomic mass is 35.5. The van der Waals surface area contributed by atoms with Gasteiger partial charge in [0.2, 0.25) is 5.91 Å². The molecule has 0 saturated carbocycles. The molecular weight excluding hydrogens is 424 g/mol. The SMILES string of the molecule is Cc1ccc(C2C3C(NNC3c3cc(Cl)c(C)cc3O)C(=O)N2Cc2cccnc2)cc1. The van der Waals surface area contributed by atoms with Gasteiger partial charge in [-0.25, -0.2) is 10.9 Å². The van der Waals surface area contributed by atoms with Crippen LogP contribution in [0.2, 0.25) is 5.02 Å². The number of carbonyl (C=O) groups excluding carboxylic acids is 1. The van der Waals surface area contributed by atoms with Crippen molar-refractivity contribution in [1.29, 1.82) is 0 Å². The lowest BCUT2D eigenvalue weighted by molar-refractivity contribution is -0.131. The number of pyridine rings is 1. The van der Waals surface area contributed by atoms with Crippen molar-refractivity contribution in [3.63, 3.8) is 0 Å². The first-order chi connectivity index (χ1) is 15.4. The quantitative estimate of drug-likeness (QED) is 0.563. The van der Waals surface area contributed by atoms with Crippen LogP contribution in [0.3, 0.4) is 0 Å². The summed E-state index contributed by atoms with van der Waals surface area (Å²) in [5.41, 5.74) is 11.2. The third-order valence-corrected chi connectivity index (χ3v) is 6.96. The van der Waals surface area contributed by atoms with Crippen LogP contribution in [0.15, 0.2) is 60.9 Å². The molecule has 32 heavy (non-hydrogen) atoms. The fraction of sp³-hybridized carbons (Fsp3) is 0.280. The highest BCUT2D eigenvalue weighted by Crippen LogP contribution is 2.49. The predicted octanol–water partition coefficient (Wildman–Crippen LogP) is 3.97. The van der Waals surface area contributed by atoms with Crippen molar-refractivity contribution in [2.24, 2.45) is 5.92 Å². The molecule has 4 unspecified atom stereocenters. The number of rotatable bonds is 4. The van der Waals surface area contributed by atoms with Gasteiger partial charge in [0, 0.05) is 35.4 Å². The average Bonchev–Trinajstić information content (AvgIpc) is 3.32. The molecule has 3 N–H and O–H groups in total. The van der Waals surface area contributed by atoms with Crippen LogP contribution in [0, 0.1) is 19.8 Å². The summed E-state index contributed by atoms with van der Waals surface area (Å²) >= 11 is 6.40. The molecule has 1 amide bonds. The Labute approximate surface area is 192 Å². The second kappa shape index (κ2) is 8.20. The van der Waals surface area contributed by atoms with Crippen molar-refractivity contribution in [3.05, 3.63) is 93.8 Å². The second-order valence-corrected chi connectivity index (χ2v) is 9.07. The van der Waals surface area contributed by atoms with E-state index < -0.39 is 6.04 Å². The van der Waals surface area contributed by atoms with Gasteiger partial charge in [0.25, 0.3) is 0 Å². The number of aryl methyl sites for hydroxylation is 2. The molecule has 0 spiro atoms. The van der Waals surface area contributed by atoms with Crippen LogP contribution in [0.25, 0.3) is 0 Å². The van der Waals surface area contributed by atoms with Gasteiger partial charge in [-0.15, -0.1) is 0 Å². The number of aromatic hydroxyl groups is 1. The Morgan fingerprint density at radius 3 is 2.56 bits per heavy atom. The van der Waals surface area contributed by atoms with Crippen LogP contribution in [0.5, 0.6) is 5.75 Å². The number of hydrogen-bond acceptors (Lipinski definition) is 5. The van der Waals surface area contributed by atoms with E-state index >= 15 is 0 Å². The Hall–Kier alpha value is -2.93. The number of phenolic OH excluding ortho intramolecular Hbond substituents is 1. The zero-order chi connectivity index (χ0) is 22.4. The molecule has 4 atom stereocenters. The maximum atomic E-state index is 13.5. The molecule has 3 heterocycles. The Bertz CT molecular complexity index is 1150. The van der Waals surface area contributed by atoms with Crippen LogP contribution in [0.4, 0.5) is 0 Å². The summed E-state index contributed by atoms with van der Waals surface area (Å²) in [4.78, 5) is 19.7. The number of benzene rings is 2. The monoisotopic (exact) mass is 448 g/mol. The maximum absolute atomic E-state index is 13.5. The van der Waals surface area contributed by atoms with Crippen LogP contribution in [-0.4, -0.2) is 26.9 Å². The van der Waals surface area contributed by atoms with Gasteiger partial charge in [-0.3, -0.25) is 9.78 Å². The highest BCUT2D eigenvalue weighted by molar-refractivity contribution is 6.31. The lowest BCUT2D eigenvalue weighted by atomic mass is 9.82. The first kappa shape index (κ1) is 20.9. The molecule has 2 aliphatic rings. The highest BCUT2D eigenvalue weighted by Gasteiger charge is 2.55. The van der Waals surface area contributed by atoms with E-state index in [1.54, 1.807) is 24.5 Å². The third-order valence-electron chi connectivity index (χ3n) is 6.55. The summed E-state index contributed by atoms with van der Waals surface area (Å²) in [6.45, 7) is 4.37. The van der Waals surface area contributed by atoms with Crippen LogP contribution in [0.1, 0.15) is 39.9 Å². The van der Waals surface area contributed by atoms with Gasteiger partial charge in [-0.05, 0) is 48.7 Å². The number of likely N-dealkylation sites (tertiary alicyclic amines) is 1.